The molecule has 2 rings (SSSR count). The lowest BCUT2D eigenvalue weighted by Crippen LogP contribution is -2.01. The van der Waals surface area contributed by atoms with Gasteiger partial charge in [-0.15, -0.1) is 0 Å². The molecule has 22 heavy (non-hydrogen) atoms. The predicted molar refractivity (Wildman–Crippen MR) is 82.6 cm³/mol. The largest absolute Gasteiger partial charge is 0.387 e. The minimum absolute atomic E-state index is 0.137. The molecule has 7 nitrogen and oxygen atoms in total. The van der Waals surface area contributed by atoms with Gasteiger partial charge in [-0.3, -0.25) is 10.1 Å². The van der Waals surface area contributed by atoms with Gasteiger partial charge in [-0.1, -0.05) is 35.0 Å². The molecule has 2 aromatic rings. The topological polar surface area (TPSA) is 108 Å². The van der Waals surface area contributed by atoms with Gasteiger partial charge in [-0.2, -0.15) is 0 Å². The third-order valence-corrected chi connectivity index (χ3v) is 2.50. The number of non-ortho nitro benzene ring substituents is 1. The van der Waals surface area contributed by atoms with E-state index >= 15 is 0 Å². The Labute approximate surface area is 131 Å². The number of benzene rings is 2. The van der Waals surface area contributed by atoms with Crippen LogP contribution in [0.3, 0.4) is 0 Å². The molecule has 8 heteroatoms. The van der Waals surface area contributed by atoms with Crippen molar-refractivity contribution in [2.24, 2.45) is 10.9 Å². The number of nitro benzene ring substituents is 1. The average molecular weight is 322 g/mol. The van der Waals surface area contributed by atoms with E-state index in [1.807, 2.05) is 0 Å². The number of para-hydroxylation sites is 1. The second kappa shape index (κ2) is 9.09. The quantitative estimate of drug-likeness (QED) is 0.307. The highest BCUT2D eigenvalue weighted by Gasteiger charge is 2.05. The summed E-state index contributed by atoms with van der Waals surface area (Å²) in [7, 11) is 0. The fraction of sp³-hybridized carbons (Fsp3) is 0. The fourth-order valence-electron chi connectivity index (χ4n) is 1.27. The van der Waals surface area contributed by atoms with E-state index in [9.17, 15) is 14.9 Å². The molecule has 0 bridgehead atoms. The molecular weight excluding hydrogens is 310 g/mol. The molecule has 2 N–H and O–H groups in total. The van der Waals surface area contributed by atoms with E-state index in [4.69, 9.17) is 17.3 Å². The first-order valence-corrected chi connectivity index (χ1v) is 6.32. The Balaban J connectivity index is 0.000000235. The molecule has 0 aliphatic rings. The SMILES string of the molecule is N/C=N/OC(=O)c1ccc(Cl)cc1.O=[N+]([O-])c1ccccc1. The minimum Gasteiger partial charge on any atom is -0.387 e. The number of nitro groups is 1. The Morgan fingerprint density at radius 3 is 2.23 bits per heavy atom. The molecule has 0 unspecified atom stereocenters. The summed E-state index contributed by atoms with van der Waals surface area (Å²) in [5.74, 6) is -0.571. The average Bonchev–Trinajstić information content (AvgIpc) is 2.54. The lowest BCUT2D eigenvalue weighted by molar-refractivity contribution is -0.384. The first-order chi connectivity index (χ1) is 10.5. The molecular formula is C14H12ClN3O4. The predicted octanol–water partition coefficient (Wildman–Crippen LogP) is 2.99. The third kappa shape index (κ3) is 6.02. The molecule has 0 aromatic heterocycles. The first kappa shape index (κ1) is 17.1. The van der Waals surface area contributed by atoms with Crippen molar-refractivity contribution in [2.75, 3.05) is 0 Å². The fourth-order valence-corrected chi connectivity index (χ4v) is 1.39. The zero-order valence-corrected chi connectivity index (χ0v) is 12.0. The van der Waals surface area contributed by atoms with Crippen molar-refractivity contribution in [3.05, 3.63) is 75.3 Å². The molecule has 0 spiro atoms. The zero-order chi connectivity index (χ0) is 16.4. The standard InChI is InChI=1S/C8H7ClN2O2.C6H5NO2/c9-7-3-1-6(2-4-7)8(12)13-11-5-10;8-7(9)6-4-2-1-3-5-6/h1-5H,(H2,10,11);1-5H. The molecule has 2 aromatic carbocycles. The molecule has 0 heterocycles. The Hall–Kier alpha value is -2.93. The Morgan fingerprint density at radius 1 is 1.18 bits per heavy atom. The minimum atomic E-state index is -0.571. The smallest absolute Gasteiger partial charge is 0.365 e. The summed E-state index contributed by atoms with van der Waals surface area (Å²) in [6.45, 7) is 0. The highest BCUT2D eigenvalue weighted by molar-refractivity contribution is 6.30. The monoisotopic (exact) mass is 321 g/mol. The van der Waals surface area contributed by atoms with E-state index in [2.05, 4.69) is 9.99 Å². The summed E-state index contributed by atoms with van der Waals surface area (Å²) in [5, 5.41) is 13.7. The van der Waals surface area contributed by atoms with Crippen LogP contribution in [0, 0.1) is 10.1 Å². The van der Waals surface area contributed by atoms with Crippen molar-refractivity contribution in [2.45, 2.75) is 0 Å². The molecule has 0 fully saturated rings. The number of carbonyl (C=O) groups is 1. The van der Waals surface area contributed by atoms with E-state index in [1.54, 1.807) is 30.3 Å². The van der Waals surface area contributed by atoms with Gasteiger partial charge in [0.15, 0.2) is 0 Å². The van der Waals surface area contributed by atoms with Crippen molar-refractivity contribution >= 4 is 29.6 Å². The van der Waals surface area contributed by atoms with E-state index in [-0.39, 0.29) is 5.69 Å². The maximum atomic E-state index is 11.1. The number of nitrogens with two attached hydrogens (primary N) is 1. The lowest BCUT2D eigenvalue weighted by atomic mass is 10.2. The summed E-state index contributed by atoms with van der Waals surface area (Å²) in [6.07, 6.45) is 0.897. The van der Waals surface area contributed by atoms with Gasteiger partial charge in [-0.25, -0.2) is 4.79 Å². The molecule has 114 valence electrons. The second-order valence-electron chi connectivity index (χ2n) is 3.73. The number of hydrogen-bond donors (Lipinski definition) is 1. The molecule has 0 saturated carbocycles. The first-order valence-electron chi connectivity index (χ1n) is 5.94. The maximum Gasteiger partial charge on any atom is 0.365 e. The zero-order valence-electron chi connectivity index (χ0n) is 11.3. The van der Waals surface area contributed by atoms with E-state index in [1.165, 1.54) is 24.3 Å². The number of halogens is 1. The van der Waals surface area contributed by atoms with Crippen molar-refractivity contribution in [1.82, 2.24) is 0 Å². The number of carbonyl (C=O) groups excluding carboxylic acids is 1. The Kier molecular flexibility index (Phi) is 7.07. The van der Waals surface area contributed by atoms with Crippen LogP contribution in [0.2, 0.25) is 5.02 Å². The van der Waals surface area contributed by atoms with E-state index in [0.29, 0.717) is 10.6 Å². The summed E-state index contributed by atoms with van der Waals surface area (Å²) in [4.78, 5) is 25.0. The van der Waals surface area contributed by atoms with Crippen LogP contribution in [-0.2, 0) is 4.84 Å². The Bertz CT molecular complexity index is 645. The van der Waals surface area contributed by atoms with Gasteiger partial charge < -0.3 is 10.6 Å². The van der Waals surface area contributed by atoms with Gasteiger partial charge in [0.1, 0.15) is 6.34 Å². The maximum absolute atomic E-state index is 11.1. The van der Waals surface area contributed by atoms with Gasteiger partial charge in [0, 0.05) is 17.2 Å². The van der Waals surface area contributed by atoms with Crippen molar-refractivity contribution in [3.8, 4) is 0 Å². The molecule has 0 saturated heterocycles. The van der Waals surface area contributed by atoms with Crippen molar-refractivity contribution in [3.63, 3.8) is 0 Å². The van der Waals surface area contributed by atoms with Crippen LogP contribution in [0.25, 0.3) is 0 Å². The summed E-state index contributed by atoms with van der Waals surface area (Å²) in [6, 6.07) is 14.2. The van der Waals surface area contributed by atoms with Crippen LogP contribution < -0.4 is 5.73 Å². The van der Waals surface area contributed by atoms with Crippen LogP contribution in [0.4, 0.5) is 5.69 Å². The highest BCUT2D eigenvalue weighted by Crippen LogP contribution is 2.10. The lowest BCUT2D eigenvalue weighted by Gasteiger charge is -1.96. The third-order valence-electron chi connectivity index (χ3n) is 2.24. The van der Waals surface area contributed by atoms with Crippen LogP contribution in [0.5, 0.6) is 0 Å². The van der Waals surface area contributed by atoms with E-state index in [0.717, 1.165) is 6.34 Å². The molecule has 0 amide bonds. The number of hydrogen-bond acceptors (Lipinski definition) is 5. The van der Waals surface area contributed by atoms with Gasteiger partial charge in [0.05, 0.1) is 10.5 Å². The summed E-state index contributed by atoms with van der Waals surface area (Å²) in [5.41, 5.74) is 5.40. The molecule has 0 aliphatic heterocycles. The molecule has 0 aliphatic carbocycles. The molecule has 0 radical (unpaired) electrons. The van der Waals surface area contributed by atoms with Crippen molar-refractivity contribution in [1.29, 1.82) is 0 Å². The van der Waals surface area contributed by atoms with Gasteiger partial charge in [0.2, 0.25) is 0 Å². The summed E-state index contributed by atoms with van der Waals surface area (Å²) < 4.78 is 0. The Morgan fingerprint density at radius 2 is 1.77 bits per heavy atom. The molecule has 0 atom stereocenters. The van der Waals surface area contributed by atoms with E-state index < -0.39 is 10.9 Å². The number of oxime groups is 1. The van der Waals surface area contributed by atoms with Gasteiger partial charge >= 0.3 is 5.97 Å². The highest BCUT2D eigenvalue weighted by atomic mass is 35.5. The van der Waals surface area contributed by atoms with Gasteiger partial charge in [-0.05, 0) is 24.3 Å². The normalized spacial score (nSPS) is 9.68. The van der Waals surface area contributed by atoms with Crippen LogP contribution in [-0.4, -0.2) is 17.2 Å². The van der Waals surface area contributed by atoms with Crippen LogP contribution in [0.15, 0.2) is 59.8 Å². The van der Waals surface area contributed by atoms with Crippen molar-refractivity contribution < 1.29 is 14.6 Å². The number of rotatable bonds is 3. The van der Waals surface area contributed by atoms with Crippen LogP contribution in [0.1, 0.15) is 10.4 Å². The summed E-state index contributed by atoms with van der Waals surface area (Å²) >= 11 is 5.62. The second-order valence-corrected chi connectivity index (χ2v) is 4.17. The number of nitrogens with zero attached hydrogens (tertiary/aromatic N) is 2. The van der Waals surface area contributed by atoms with Gasteiger partial charge in [0.25, 0.3) is 5.69 Å². The van der Waals surface area contributed by atoms with Crippen LogP contribution >= 0.6 is 11.6 Å².